The van der Waals surface area contributed by atoms with Crippen molar-refractivity contribution < 1.29 is 33.3 Å². The number of esters is 1. The molecule has 2 N–H and O–H groups in total. The predicted octanol–water partition coefficient (Wildman–Crippen LogP) is 5.91. The second-order valence-electron chi connectivity index (χ2n) is 9.09. The molecule has 0 heterocycles. The molecule has 220 valence electrons. The minimum absolute atomic E-state index is 0.148. The number of ether oxygens (including phenoxy) is 4. The maximum Gasteiger partial charge on any atom is 0.343 e. The molecule has 0 saturated carbocycles. The number of hydrogen-bond donors (Lipinski definition) is 2. The van der Waals surface area contributed by atoms with Crippen molar-refractivity contribution in [1.29, 1.82) is 0 Å². The Morgan fingerprint density at radius 1 is 0.744 bits per heavy atom. The van der Waals surface area contributed by atoms with E-state index in [0.717, 1.165) is 5.56 Å². The molecular formula is C32H28ClN3O7. The number of hydrogen-bond acceptors (Lipinski definition) is 8. The molecule has 11 heteroatoms. The number of aryl methyl sites for hydroxylation is 1. The van der Waals surface area contributed by atoms with Crippen LogP contribution in [0, 0.1) is 6.92 Å². The van der Waals surface area contributed by atoms with Crippen molar-refractivity contribution in [3.8, 4) is 23.0 Å². The Hall–Kier alpha value is -5.35. The van der Waals surface area contributed by atoms with Gasteiger partial charge in [0, 0.05) is 27.4 Å². The van der Waals surface area contributed by atoms with Crippen LogP contribution in [0.1, 0.15) is 42.2 Å². The van der Waals surface area contributed by atoms with Crippen LogP contribution >= 0.6 is 11.6 Å². The number of nitrogens with zero attached hydrogens (tertiary/aromatic N) is 1. The van der Waals surface area contributed by atoms with Crippen molar-refractivity contribution in [2.75, 3.05) is 26.6 Å². The van der Waals surface area contributed by atoms with Gasteiger partial charge in [-0.25, -0.2) is 10.2 Å². The van der Waals surface area contributed by atoms with Gasteiger partial charge in [0.2, 0.25) is 5.75 Å². The smallest absolute Gasteiger partial charge is 0.343 e. The number of amides is 2. The highest BCUT2D eigenvalue weighted by atomic mass is 35.5. The zero-order valence-corrected chi connectivity index (χ0v) is 24.5. The van der Waals surface area contributed by atoms with Crippen molar-refractivity contribution in [3.05, 3.63) is 112 Å². The van der Waals surface area contributed by atoms with Gasteiger partial charge in [-0.3, -0.25) is 9.59 Å². The molecule has 4 rings (SSSR count). The Kier molecular flexibility index (Phi) is 9.98. The first-order valence-electron chi connectivity index (χ1n) is 12.9. The average molecular weight is 602 g/mol. The number of benzene rings is 4. The first-order chi connectivity index (χ1) is 20.7. The van der Waals surface area contributed by atoms with Gasteiger partial charge in [0.25, 0.3) is 11.8 Å². The quantitative estimate of drug-likeness (QED) is 0.100. The van der Waals surface area contributed by atoms with E-state index in [1.165, 1.54) is 51.8 Å². The van der Waals surface area contributed by atoms with E-state index in [0.29, 0.717) is 33.1 Å². The van der Waals surface area contributed by atoms with Gasteiger partial charge >= 0.3 is 5.97 Å². The number of nitrogens with one attached hydrogen (secondary N) is 2. The van der Waals surface area contributed by atoms with E-state index in [9.17, 15) is 14.4 Å². The molecule has 4 aromatic rings. The van der Waals surface area contributed by atoms with Crippen molar-refractivity contribution in [3.63, 3.8) is 0 Å². The Morgan fingerprint density at radius 3 is 2.07 bits per heavy atom. The highest BCUT2D eigenvalue weighted by molar-refractivity contribution is 6.31. The van der Waals surface area contributed by atoms with Gasteiger partial charge in [0.05, 0.1) is 33.1 Å². The predicted molar refractivity (Wildman–Crippen MR) is 163 cm³/mol. The van der Waals surface area contributed by atoms with Crippen LogP contribution in [0.4, 0.5) is 5.69 Å². The van der Waals surface area contributed by atoms with Gasteiger partial charge in [0.1, 0.15) is 5.75 Å². The van der Waals surface area contributed by atoms with Crippen LogP contribution in [0.3, 0.4) is 0 Å². The van der Waals surface area contributed by atoms with E-state index < -0.39 is 11.9 Å². The summed E-state index contributed by atoms with van der Waals surface area (Å²) in [5, 5.41) is 7.16. The maximum absolute atomic E-state index is 13.0. The molecule has 0 saturated heterocycles. The van der Waals surface area contributed by atoms with E-state index in [2.05, 4.69) is 15.8 Å². The summed E-state index contributed by atoms with van der Waals surface area (Å²) >= 11 is 6.15. The lowest BCUT2D eigenvalue weighted by Crippen LogP contribution is -2.18. The molecule has 0 aliphatic rings. The van der Waals surface area contributed by atoms with Crippen LogP contribution in [0.15, 0.2) is 84.0 Å². The zero-order valence-electron chi connectivity index (χ0n) is 23.8. The van der Waals surface area contributed by atoms with Crippen molar-refractivity contribution in [1.82, 2.24) is 5.43 Å². The third kappa shape index (κ3) is 7.69. The summed E-state index contributed by atoms with van der Waals surface area (Å²) in [6.07, 6.45) is 1.30. The van der Waals surface area contributed by atoms with Crippen LogP contribution in [0.5, 0.6) is 23.0 Å². The summed E-state index contributed by atoms with van der Waals surface area (Å²) < 4.78 is 21.5. The van der Waals surface area contributed by atoms with Crippen LogP contribution in [-0.4, -0.2) is 45.3 Å². The van der Waals surface area contributed by atoms with Crippen molar-refractivity contribution >= 4 is 41.3 Å². The summed E-state index contributed by atoms with van der Waals surface area (Å²) in [6.45, 7) is 1.91. The summed E-state index contributed by atoms with van der Waals surface area (Å²) in [7, 11) is 4.33. The van der Waals surface area contributed by atoms with Gasteiger partial charge in [-0.2, -0.15) is 5.10 Å². The van der Waals surface area contributed by atoms with E-state index >= 15 is 0 Å². The lowest BCUT2D eigenvalue weighted by atomic mass is 10.1. The maximum atomic E-state index is 13.0. The van der Waals surface area contributed by atoms with E-state index in [-0.39, 0.29) is 28.7 Å². The number of anilines is 1. The fourth-order valence-corrected chi connectivity index (χ4v) is 4.17. The minimum atomic E-state index is -0.699. The fourth-order valence-electron chi connectivity index (χ4n) is 3.99. The third-order valence-corrected chi connectivity index (χ3v) is 6.36. The molecule has 0 aliphatic carbocycles. The highest BCUT2D eigenvalue weighted by Gasteiger charge is 2.19. The molecule has 0 atom stereocenters. The Bertz CT molecular complexity index is 1660. The van der Waals surface area contributed by atoms with Crippen LogP contribution in [0.25, 0.3) is 0 Å². The first-order valence-corrected chi connectivity index (χ1v) is 13.2. The molecule has 0 aliphatic heterocycles. The van der Waals surface area contributed by atoms with Gasteiger partial charge in [-0.05, 0) is 73.7 Å². The standard InChI is InChI=1S/C32H28ClN3O7/c1-19-6-5-7-21(14-19)30(37)35-25-11-8-20(9-12-25)31(38)36-34-18-23-15-24(33)10-13-26(23)43-32(39)22-16-27(40-2)29(42-4)28(17-22)41-3/h5-18H,1-4H3,(H,35,37)(H,36,38)/b34-18+. The monoisotopic (exact) mass is 601 g/mol. The number of hydrazone groups is 1. The molecule has 0 aromatic heterocycles. The molecule has 0 spiro atoms. The number of halogens is 1. The molecule has 10 nitrogen and oxygen atoms in total. The Morgan fingerprint density at radius 2 is 1.44 bits per heavy atom. The number of methoxy groups -OCH3 is 3. The summed E-state index contributed by atoms with van der Waals surface area (Å²) in [5.41, 5.74) is 5.26. The normalized spacial score (nSPS) is 10.6. The minimum Gasteiger partial charge on any atom is -0.493 e. The largest absolute Gasteiger partial charge is 0.493 e. The number of rotatable bonds is 10. The third-order valence-electron chi connectivity index (χ3n) is 6.13. The Balaban J connectivity index is 1.43. The zero-order chi connectivity index (χ0) is 30.9. The molecular weight excluding hydrogens is 574 g/mol. The molecule has 0 unspecified atom stereocenters. The van der Waals surface area contributed by atoms with Gasteiger partial charge in [-0.15, -0.1) is 0 Å². The van der Waals surface area contributed by atoms with Gasteiger partial charge < -0.3 is 24.3 Å². The topological polar surface area (TPSA) is 125 Å². The lowest BCUT2D eigenvalue weighted by molar-refractivity contribution is 0.0733. The van der Waals surface area contributed by atoms with Crippen LogP contribution in [0.2, 0.25) is 5.02 Å². The molecule has 43 heavy (non-hydrogen) atoms. The molecule has 0 fully saturated rings. The number of carbonyl (C=O) groups excluding carboxylic acids is 3. The molecule has 4 aromatic carbocycles. The lowest BCUT2D eigenvalue weighted by Gasteiger charge is -2.14. The van der Waals surface area contributed by atoms with E-state index in [1.807, 2.05) is 19.1 Å². The van der Waals surface area contributed by atoms with Gasteiger partial charge in [0.15, 0.2) is 11.5 Å². The van der Waals surface area contributed by atoms with E-state index in [4.69, 9.17) is 30.5 Å². The Labute approximate surface area is 253 Å². The van der Waals surface area contributed by atoms with Crippen LogP contribution < -0.4 is 29.7 Å². The van der Waals surface area contributed by atoms with Crippen LogP contribution in [-0.2, 0) is 0 Å². The van der Waals surface area contributed by atoms with Crippen molar-refractivity contribution in [2.45, 2.75) is 6.92 Å². The van der Waals surface area contributed by atoms with Crippen molar-refractivity contribution in [2.24, 2.45) is 5.10 Å². The van der Waals surface area contributed by atoms with E-state index in [1.54, 1.807) is 42.5 Å². The SMILES string of the molecule is COc1cc(C(=O)Oc2ccc(Cl)cc2/C=N/NC(=O)c2ccc(NC(=O)c3cccc(C)c3)cc2)cc(OC)c1OC. The number of carbonyl (C=O) groups is 3. The summed E-state index contributed by atoms with van der Waals surface area (Å²) in [4.78, 5) is 38.1. The first kappa shape index (κ1) is 30.6. The molecule has 2 amide bonds. The molecule has 0 bridgehead atoms. The highest BCUT2D eigenvalue weighted by Crippen LogP contribution is 2.38. The average Bonchev–Trinajstić information content (AvgIpc) is 3.01. The second kappa shape index (κ2) is 14.0. The molecule has 0 radical (unpaired) electrons. The summed E-state index contributed by atoms with van der Waals surface area (Å²) in [5.74, 6) is -0.394. The summed E-state index contributed by atoms with van der Waals surface area (Å²) in [6, 6.07) is 21.1. The fraction of sp³-hybridized carbons (Fsp3) is 0.125. The second-order valence-corrected chi connectivity index (χ2v) is 9.52. The van der Waals surface area contributed by atoms with Gasteiger partial charge in [-0.1, -0.05) is 29.3 Å².